The predicted octanol–water partition coefficient (Wildman–Crippen LogP) is 3.73. The van der Waals surface area contributed by atoms with Crippen LogP contribution in [0.15, 0.2) is 42.4 Å². The van der Waals surface area contributed by atoms with Crippen molar-refractivity contribution < 1.29 is 0 Å². The Bertz CT molecular complexity index is 912. The maximum Gasteiger partial charge on any atom is 0.164 e. The van der Waals surface area contributed by atoms with Crippen LogP contribution in [0.25, 0.3) is 22.4 Å². The summed E-state index contributed by atoms with van der Waals surface area (Å²) in [6.07, 6.45) is 12.6. The zero-order valence-electron chi connectivity index (χ0n) is 14.6. The van der Waals surface area contributed by atoms with Gasteiger partial charge in [0.25, 0.3) is 0 Å². The Morgan fingerprint density at radius 3 is 2.76 bits per heavy atom. The van der Waals surface area contributed by atoms with E-state index in [1.54, 1.807) is 17.1 Å². The van der Waals surface area contributed by atoms with Crippen molar-refractivity contribution >= 4 is 16.9 Å². The molecule has 1 aliphatic rings. The van der Waals surface area contributed by atoms with Crippen LogP contribution in [0.2, 0.25) is 0 Å². The molecular weight excluding hydrogens is 312 g/mol. The Kier molecular flexibility index (Phi) is 4.17. The lowest BCUT2D eigenvalue weighted by Gasteiger charge is -2.21. The largest absolute Gasteiger partial charge is 0.363 e. The van der Waals surface area contributed by atoms with E-state index in [2.05, 4.69) is 28.4 Å². The van der Waals surface area contributed by atoms with Gasteiger partial charge in [0, 0.05) is 31.0 Å². The lowest BCUT2D eigenvalue weighted by molar-refractivity contribution is 0.665. The number of nitrogens with zero attached hydrogens (tertiary/aromatic N) is 5. The first-order valence-electron chi connectivity index (χ1n) is 8.78. The average Bonchev–Trinajstić information content (AvgIpc) is 3.04. The van der Waals surface area contributed by atoms with Crippen LogP contribution in [0.4, 0.5) is 5.82 Å². The molecule has 0 bridgehead atoms. The normalized spacial score (nSPS) is 15.8. The molecule has 4 rings (SSSR count). The highest BCUT2D eigenvalue weighted by molar-refractivity contribution is 5.88. The molecule has 128 valence electrons. The lowest BCUT2D eigenvalue weighted by Crippen LogP contribution is -2.20. The second-order valence-electron chi connectivity index (χ2n) is 6.53. The molecule has 0 spiro atoms. The summed E-state index contributed by atoms with van der Waals surface area (Å²) in [6, 6.07) is 4.10. The van der Waals surface area contributed by atoms with Gasteiger partial charge in [-0.25, -0.2) is 9.97 Å². The predicted molar refractivity (Wildman–Crippen MR) is 99.2 cm³/mol. The second kappa shape index (κ2) is 6.63. The van der Waals surface area contributed by atoms with Crippen molar-refractivity contribution in [1.29, 1.82) is 0 Å². The smallest absolute Gasteiger partial charge is 0.164 e. The second-order valence-corrected chi connectivity index (χ2v) is 6.53. The van der Waals surface area contributed by atoms with E-state index >= 15 is 0 Å². The van der Waals surface area contributed by atoms with E-state index in [0.29, 0.717) is 5.82 Å². The summed E-state index contributed by atoms with van der Waals surface area (Å²) in [5.41, 5.74) is 3.24. The summed E-state index contributed by atoms with van der Waals surface area (Å²) in [6.45, 7) is 2.20. The molecule has 3 aromatic rings. The van der Waals surface area contributed by atoms with Crippen molar-refractivity contribution in [2.75, 3.05) is 5.32 Å². The van der Waals surface area contributed by atoms with Crippen LogP contribution in [0.5, 0.6) is 0 Å². The number of allylic oxidation sites excluding steroid dienone is 1. The van der Waals surface area contributed by atoms with E-state index in [1.807, 2.05) is 25.4 Å². The molecule has 25 heavy (non-hydrogen) atoms. The molecule has 3 aromatic heterocycles. The maximum absolute atomic E-state index is 4.79. The third kappa shape index (κ3) is 3.12. The first kappa shape index (κ1) is 15.7. The van der Waals surface area contributed by atoms with Gasteiger partial charge in [0.2, 0.25) is 0 Å². The molecule has 6 nitrogen and oxygen atoms in total. The van der Waals surface area contributed by atoms with Gasteiger partial charge in [-0.05, 0) is 44.7 Å². The standard InChI is InChI=1S/C19H22N6/c1-13(14-6-4-3-5-7-14)22-18-16-12-21-25(2)19(16)24-17(23-18)15-8-10-20-11-9-15/h6,8-13H,3-5,7H2,1-2H3,(H,22,23,24). The number of fused-ring (bicyclic) bond motifs is 1. The number of nitrogens with one attached hydrogen (secondary N) is 1. The fourth-order valence-electron chi connectivity index (χ4n) is 3.32. The van der Waals surface area contributed by atoms with Crippen molar-refractivity contribution in [1.82, 2.24) is 24.7 Å². The third-order valence-electron chi connectivity index (χ3n) is 4.77. The van der Waals surface area contributed by atoms with Crippen LogP contribution in [-0.2, 0) is 7.05 Å². The molecule has 0 aliphatic heterocycles. The van der Waals surface area contributed by atoms with Gasteiger partial charge in [0.05, 0.1) is 11.6 Å². The topological polar surface area (TPSA) is 68.5 Å². The highest BCUT2D eigenvalue weighted by Crippen LogP contribution is 2.27. The highest BCUT2D eigenvalue weighted by atomic mass is 15.3. The quantitative estimate of drug-likeness (QED) is 0.736. The minimum atomic E-state index is 0.254. The fraction of sp³-hybridized carbons (Fsp3) is 0.368. The Balaban J connectivity index is 1.75. The van der Waals surface area contributed by atoms with Gasteiger partial charge < -0.3 is 5.32 Å². The minimum absolute atomic E-state index is 0.254. The van der Waals surface area contributed by atoms with E-state index in [0.717, 1.165) is 28.8 Å². The molecule has 0 fully saturated rings. The van der Waals surface area contributed by atoms with Crippen molar-refractivity contribution in [3.63, 3.8) is 0 Å². The summed E-state index contributed by atoms with van der Waals surface area (Å²) < 4.78 is 1.79. The number of hydrogen-bond donors (Lipinski definition) is 1. The summed E-state index contributed by atoms with van der Waals surface area (Å²) in [7, 11) is 1.91. The number of anilines is 1. The molecule has 0 radical (unpaired) electrons. The molecular formula is C19H22N6. The molecule has 1 N–H and O–H groups in total. The zero-order valence-corrected chi connectivity index (χ0v) is 14.6. The Labute approximate surface area is 147 Å². The van der Waals surface area contributed by atoms with Crippen LogP contribution in [0, 0.1) is 0 Å². The monoisotopic (exact) mass is 334 g/mol. The van der Waals surface area contributed by atoms with Gasteiger partial charge in [-0.1, -0.05) is 11.6 Å². The first-order chi connectivity index (χ1) is 12.2. The number of aromatic nitrogens is 5. The number of hydrogen-bond acceptors (Lipinski definition) is 5. The van der Waals surface area contributed by atoms with E-state index in [4.69, 9.17) is 9.97 Å². The van der Waals surface area contributed by atoms with Crippen molar-refractivity contribution in [2.24, 2.45) is 7.05 Å². The number of pyridine rings is 1. The summed E-state index contributed by atoms with van der Waals surface area (Å²) in [5.74, 6) is 1.52. The van der Waals surface area contributed by atoms with E-state index < -0.39 is 0 Å². The Morgan fingerprint density at radius 2 is 2.00 bits per heavy atom. The molecule has 1 aliphatic carbocycles. The lowest BCUT2D eigenvalue weighted by atomic mass is 9.95. The Hall–Kier alpha value is -2.76. The van der Waals surface area contributed by atoms with Crippen LogP contribution in [-0.4, -0.2) is 30.8 Å². The molecule has 1 atom stereocenters. The third-order valence-corrected chi connectivity index (χ3v) is 4.77. The van der Waals surface area contributed by atoms with Gasteiger partial charge in [0.1, 0.15) is 5.82 Å². The van der Waals surface area contributed by atoms with Crippen molar-refractivity contribution in [2.45, 2.75) is 38.6 Å². The molecule has 0 saturated heterocycles. The SMILES string of the molecule is CC(Nc1nc(-c2ccncc2)nc2c1cnn2C)C1=CCCCC1. The van der Waals surface area contributed by atoms with E-state index in [9.17, 15) is 0 Å². The van der Waals surface area contributed by atoms with Crippen LogP contribution >= 0.6 is 0 Å². The molecule has 6 heteroatoms. The van der Waals surface area contributed by atoms with Gasteiger partial charge in [-0.3, -0.25) is 9.67 Å². The number of aryl methyl sites for hydroxylation is 1. The fourth-order valence-corrected chi connectivity index (χ4v) is 3.32. The molecule has 0 saturated carbocycles. The van der Waals surface area contributed by atoms with E-state index in [1.165, 1.54) is 24.8 Å². The summed E-state index contributed by atoms with van der Waals surface area (Å²) >= 11 is 0. The maximum atomic E-state index is 4.79. The molecule has 1 unspecified atom stereocenters. The van der Waals surface area contributed by atoms with Crippen molar-refractivity contribution in [3.8, 4) is 11.4 Å². The highest BCUT2D eigenvalue weighted by Gasteiger charge is 2.17. The van der Waals surface area contributed by atoms with Crippen LogP contribution in [0.3, 0.4) is 0 Å². The van der Waals surface area contributed by atoms with Crippen molar-refractivity contribution in [3.05, 3.63) is 42.4 Å². The van der Waals surface area contributed by atoms with Gasteiger partial charge in [-0.15, -0.1) is 0 Å². The molecule has 0 aromatic carbocycles. The van der Waals surface area contributed by atoms with E-state index in [-0.39, 0.29) is 6.04 Å². The summed E-state index contributed by atoms with van der Waals surface area (Å²) in [4.78, 5) is 13.6. The zero-order chi connectivity index (χ0) is 17.2. The van der Waals surface area contributed by atoms with Gasteiger partial charge in [0.15, 0.2) is 11.5 Å². The minimum Gasteiger partial charge on any atom is -0.363 e. The molecule has 0 amide bonds. The average molecular weight is 334 g/mol. The Morgan fingerprint density at radius 1 is 1.16 bits per heavy atom. The van der Waals surface area contributed by atoms with Gasteiger partial charge >= 0.3 is 0 Å². The van der Waals surface area contributed by atoms with Crippen LogP contribution < -0.4 is 5.32 Å². The summed E-state index contributed by atoms with van der Waals surface area (Å²) in [5, 5.41) is 8.90. The van der Waals surface area contributed by atoms with Crippen LogP contribution in [0.1, 0.15) is 32.6 Å². The van der Waals surface area contributed by atoms with Gasteiger partial charge in [-0.2, -0.15) is 5.10 Å². The number of rotatable bonds is 4. The molecule has 3 heterocycles. The first-order valence-corrected chi connectivity index (χ1v) is 8.78.